The van der Waals surface area contributed by atoms with E-state index in [1.54, 1.807) is 0 Å². The standard InChI is InChI=1S/C16H36N4S/c1-7-14(8-2)15(20(4)5)13-19-16(17-3)18-11-9-10-12-21-6/h14-15H,7-13H2,1-6H3,(H2,17,18,19). The van der Waals surface area contributed by atoms with Crippen molar-refractivity contribution < 1.29 is 0 Å². The highest BCUT2D eigenvalue weighted by molar-refractivity contribution is 7.98. The molecule has 0 aromatic rings. The van der Waals surface area contributed by atoms with Crippen LogP contribution in [0.5, 0.6) is 0 Å². The minimum atomic E-state index is 0.551. The summed E-state index contributed by atoms with van der Waals surface area (Å²) in [5, 5.41) is 6.89. The van der Waals surface area contributed by atoms with E-state index in [4.69, 9.17) is 0 Å². The Balaban J connectivity index is 4.16. The average molecular weight is 317 g/mol. The molecule has 0 aliphatic carbocycles. The van der Waals surface area contributed by atoms with Gasteiger partial charge in [-0.1, -0.05) is 26.7 Å². The summed E-state index contributed by atoms with van der Waals surface area (Å²) in [4.78, 5) is 6.65. The fourth-order valence-electron chi connectivity index (χ4n) is 2.60. The number of likely N-dealkylation sites (N-methyl/N-ethyl adjacent to an activating group) is 1. The number of rotatable bonds is 11. The highest BCUT2D eigenvalue weighted by atomic mass is 32.2. The van der Waals surface area contributed by atoms with Crippen LogP contribution >= 0.6 is 11.8 Å². The molecule has 0 amide bonds. The monoisotopic (exact) mass is 316 g/mol. The van der Waals surface area contributed by atoms with Crippen LogP contribution < -0.4 is 10.6 Å². The first-order chi connectivity index (χ1) is 10.1. The predicted octanol–water partition coefficient (Wildman–Crippen LogP) is 2.66. The number of hydrogen-bond acceptors (Lipinski definition) is 3. The summed E-state index contributed by atoms with van der Waals surface area (Å²) in [6.45, 7) is 6.51. The maximum absolute atomic E-state index is 4.32. The summed E-state index contributed by atoms with van der Waals surface area (Å²) in [7, 11) is 6.19. The smallest absolute Gasteiger partial charge is 0.191 e. The van der Waals surface area contributed by atoms with Gasteiger partial charge in [0.1, 0.15) is 0 Å². The molecule has 0 fully saturated rings. The molecule has 0 aliphatic rings. The van der Waals surface area contributed by atoms with Gasteiger partial charge in [0.2, 0.25) is 0 Å². The summed E-state index contributed by atoms with van der Waals surface area (Å²) in [6.07, 6.45) is 7.07. The third-order valence-electron chi connectivity index (χ3n) is 4.03. The van der Waals surface area contributed by atoms with Gasteiger partial charge in [-0.05, 0) is 44.9 Å². The van der Waals surface area contributed by atoms with E-state index in [9.17, 15) is 0 Å². The quantitative estimate of drug-likeness (QED) is 0.349. The lowest BCUT2D eigenvalue weighted by molar-refractivity contribution is 0.200. The molecule has 0 radical (unpaired) electrons. The summed E-state index contributed by atoms with van der Waals surface area (Å²) >= 11 is 1.91. The topological polar surface area (TPSA) is 39.7 Å². The summed E-state index contributed by atoms with van der Waals surface area (Å²) in [5.41, 5.74) is 0. The van der Waals surface area contributed by atoms with Gasteiger partial charge in [0.25, 0.3) is 0 Å². The molecule has 0 aromatic heterocycles. The SMILES string of the molecule is CCC(CC)C(CNC(=NC)NCCCCSC)N(C)C. The van der Waals surface area contributed by atoms with E-state index < -0.39 is 0 Å². The van der Waals surface area contributed by atoms with E-state index in [-0.39, 0.29) is 0 Å². The molecule has 0 bridgehead atoms. The molecule has 21 heavy (non-hydrogen) atoms. The first kappa shape index (κ1) is 20.6. The molecule has 0 heterocycles. The second-order valence-electron chi connectivity index (χ2n) is 5.69. The van der Waals surface area contributed by atoms with Crippen LogP contribution in [0.15, 0.2) is 4.99 Å². The summed E-state index contributed by atoms with van der Waals surface area (Å²) in [6, 6.07) is 0.551. The van der Waals surface area contributed by atoms with Gasteiger partial charge in [-0.2, -0.15) is 11.8 Å². The average Bonchev–Trinajstić information content (AvgIpc) is 2.48. The molecule has 126 valence electrons. The van der Waals surface area contributed by atoms with Crippen molar-refractivity contribution in [1.82, 2.24) is 15.5 Å². The molecule has 1 unspecified atom stereocenters. The number of thioether (sulfide) groups is 1. The lowest BCUT2D eigenvalue weighted by atomic mass is 9.93. The summed E-state index contributed by atoms with van der Waals surface area (Å²) < 4.78 is 0. The van der Waals surface area contributed by atoms with E-state index in [1.165, 1.54) is 31.4 Å². The van der Waals surface area contributed by atoms with Gasteiger partial charge in [0.15, 0.2) is 5.96 Å². The Hall–Kier alpha value is -0.420. The molecule has 5 heteroatoms. The summed E-state index contributed by atoms with van der Waals surface area (Å²) in [5.74, 6) is 2.90. The van der Waals surface area contributed by atoms with Crippen molar-refractivity contribution in [2.75, 3.05) is 46.2 Å². The Morgan fingerprint density at radius 1 is 1.14 bits per heavy atom. The van der Waals surface area contributed by atoms with Crippen molar-refractivity contribution in [3.05, 3.63) is 0 Å². The van der Waals surface area contributed by atoms with Crippen LogP contribution in [0.1, 0.15) is 39.5 Å². The van der Waals surface area contributed by atoms with E-state index >= 15 is 0 Å². The Morgan fingerprint density at radius 2 is 1.81 bits per heavy atom. The molecule has 0 spiro atoms. The van der Waals surface area contributed by atoms with Crippen LogP contribution in [0.25, 0.3) is 0 Å². The number of aliphatic imine (C=N–C) groups is 1. The number of nitrogens with zero attached hydrogens (tertiary/aromatic N) is 2. The second kappa shape index (κ2) is 13.3. The van der Waals surface area contributed by atoms with Gasteiger partial charge in [-0.25, -0.2) is 0 Å². The zero-order chi connectivity index (χ0) is 16.1. The normalized spacial score (nSPS) is 13.8. The van der Waals surface area contributed by atoms with Gasteiger partial charge in [-0.15, -0.1) is 0 Å². The largest absolute Gasteiger partial charge is 0.356 e. The highest BCUT2D eigenvalue weighted by Crippen LogP contribution is 2.16. The zero-order valence-corrected chi connectivity index (χ0v) is 15.7. The fourth-order valence-corrected chi connectivity index (χ4v) is 3.10. The van der Waals surface area contributed by atoms with E-state index in [2.05, 4.69) is 54.7 Å². The lowest BCUT2D eigenvalue weighted by Gasteiger charge is -2.32. The van der Waals surface area contributed by atoms with Gasteiger partial charge in [0.05, 0.1) is 0 Å². The lowest BCUT2D eigenvalue weighted by Crippen LogP contribution is -2.48. The number of unbranched alkanes of at least 4 members (excludes halogenated alkanes) is 1. The Morgan fingerprint density at radius 3 is 2.29 bits per heavy atom. The zero-order valence-electron chi connectivity index (χ0n) is 14.9. The first-order valence-corrected chi connectivity index (χ1v) is 9.59. The van der Waals surface area contributed by atoms with Crippen molar-refractivity contribution in [2.45, 2.75) is 45.6 Å². The molecule has 0 saturated heterocycles. The Labute approximate surface area is 136 Å². The maximum Gasteiger partial charge on any atom is 0.191 e. The number of guanidine groups is 1. The minimum absolute atomic E-state index is 0.551. The van der Waals surface area contributed by atoms with Gasteiger partial charge >= 0.3 is 0 Å². The maximum atomic E-state index is 4.32. The number of hydrogen-bond donors (Lipinski definition) is 2. The van der Waals surface area contributed by atoms with E-state index in [1.807, 2.05) is 18.8 Å². The van der Waals surface area contributed by atoms with Gasteiger partial charge < -0.3 is 15.5 Å². The number of nitrogens with one attached hydrogen (secondary N) is 2. The van der Waals surface area contributed by atoms with Gasteiger partial charge in [0, 0.05) is 26.2 Å². The Kier molecular flexibility index (Phi) is 13.0. The molecule has 1 atom stereocenters. The third-order valence-corrected chi connectivity index (χ3v) is 4.72. The van der Waals surface area contributed by atoms with E-state index in [0.717, 1.165) is 25.0 Å². The molecule has 0 aromatic carbocycles. The fraction of sp³-hybridized carbons (Fsp3) is 0.938. The molecule has 0 rings (SSSR count). The highest BCUT2D eigenvalue weighted by Gasteiger charge is 2.20. The molecule has 2 N–H and O–H groups in total. The molecular formula is C16H36N4S. The van der Waals surface area contributed by atoms with Crippen molar-refractivity contribution in [2.24, 2.45) is 10.9 Å². The van der Waals surface area contributed by atoms with Crippen LogP contribution in [0.4, 0.5) is 0 Å². The van der Waals surface area contributed by atoms with Crippen LogP contribution in [-0.2, 0) is 0 Å². The Bertz CT molecular complexity index is 265. The van der Waals surface area contributed by atoms with E-state index in [0.29, 0.717) is 6.04 Å². The van der Waals surface area contributed by atoms with Crippen molar-refractivity contribution in [1.29, 1.82) is 0 Å². The predicted molar refractivity (Wildman–Crippen MR) is 98.5 cm³/mol. The minimum Gasteiger partial charge on any atom is -0.356 e. The molecule has 0 saturated carbocycles. The third kappa shape index (κ3) is 9.25. The first-order valence-electron chi connectivity index (χ1n) is 8.20. The molecule has 4 nitrogen and oxygen atoms in total. The molecular weight excluding hydrogens is 280 g/mol. The van der Waals surface area contributed by atoms with Crippen LogP contribution in [0.3, 0.4) is 0 Å². The van der Waals surface area contributed by atoms with Crippen molar-refractivity contribution in [3.63, 3.8) is 0 Å². The van der Waals surface area contributed by atoms with Crippen LogP contribution in [-0.4, -0.2) is 63.1 Å². The van der Waals surface area contributed by atoms with Crippen molar-refractivity contribution in [3.8, 4) is 0 Å². The second-order valence-corrected chi connectivity index (χ2v) is 6.67. The van der Waals surface area contributed by atoms with Gasteiger partial charge in [-0.3, -0.25) is 4.99 Å². The molecule has 0 aliphatic heterocycles. The van der Waals surface area contributed by atoms with Crippen LogP contribution in [0.2, 0.25) is 0 Å². The van der Waals surface area contributed by atoms with Crippen molar-refractivity contribution >= 4 is 17.7 Å². The van der Waals surface area contributed by atoms with Crippen LogP contribution in [0, 0.1) is 5.92 Å².